The van der Waals surface area contributed by atoms with Gasteiger partial charge in [0.05, 0.1) is 5.56 Å². The zero-order valence-electron chi connectivity index (χ0n) is 10.5. The molecule has 0 saturated heterocycles. The Balaban J connectivity index is 2.49. The molecule has 102 valence electrons. The van der Waals surface area contributed by atoms with Crippen molar-refractivity contribution in [2.24, 2.45) is 0 Å². The van der Waals surface area contributed by atoms with Crippen molar-refractivity contribution >= 4 is 12.2 Å². The molecule has 0 aliphatic heterocycles. The second kappa shape index (κ2) is 4.85. The second-order valence-electron chi connectivity index (χ2n) is 4.55. The number of rotatable bonds is 2. The SMILES string of the molecule is CC(C)c1c[nH]c(=S)n1-c1ccc(C(F)(F)F)cc1. The molecule has 0 aliphatic carbocycles. The van der Waals surface area contributed by atoms with Gasteiger partial charge >= 0.3 is 6.18 Å². The summed E-state index contributed by atoms with van der Waals surface area (Å²) in [5.41, 5.74) is 0.900. The van der Waals surface area contributed by atoms with Crippen molar-refractivity contribution in [2.45, 2.75) is 25.9 Å². The number of H-pyrrole nitrogens is 1. The molecular weight excluding hydrogens is 273 g/mol. The predicted octanol–water partition coefficient (Wildman–Crippen LogP) is 4.68. The van der Waals surface area contributed by atoms with Crippen LogP contribution in [-0.4, -0.2) is 9.55 Å². The van der Waals surface area contributed by atoms with E-state index >= 15 is 0 Å². The lowest BCUT2D eigenvalue weighted by Gasteiger charge is -2.12. The minimum atomic E-state index is -4.32. The van der Waals surface area contributed by atoms with Crippen molar-refractivity contribution in [1.82, 2.24) is 9.55 Å². The highest BCUT2D eigenvalue weighted by molar-refractivity contribution is 7.71. The third kappa shape index (κ3) is 2.73. The molecule has 1 N–H and O–H groups in total. The Morgan fingerprint density at radius 1 is 1.16 bits per heavy atom. The molecule has 0 atom stereocenters. The van der Waals surface area contributed by atoms with Crippen LogP contribution < -0.4 is 0 Å². The van der Waals surface area contributed by atoms with Gasteiger partial charge in [-0.2, -0.15) is 13.2 Å². The molecule has 0 bridgehead atoms. The van der Waals surface area contributed by atoms with Gasteiger partial charge in [-0.25, -0.2) is 0 Å². The van der Waals surface area contributed by atoms with Gasteiger partial charge in [-0.05, 0) is 42.4 Å². The number of aromatic nitrogens is 2. The maximum absolute atomic E-state index is 12.5. The minimum Gasteiger partial charge on any atom is -0.337 e. The fourth-order valence-corrected chi connectivity index (χ4v) is 2.14. The molecule has 19 heavy (non-hydrogen) atoms. The number of nitrogens with zero attached hydrogens (tertiary/aromatic N) is 1. The van der Waals surface area contributed by atoms with Gasteiger partial charge in [-0.1, -0.05) is 13.8 Å². The Labute approximate surface area is 113 Å². The molecule has 2 nitrogen and oxygen atoms in total. The number of hydrogen-bond acceptors (Lipinski definition) is 1. The Morgan fingerprint density at radius 3 is 2.21 bits per heavy atom. The van der Waals surface area contributed by atoms with Gasteiger partial charge in [-0.3, -0.25) is 4.57 Å². The molecule has 0 aliphatic rings. The van der Waals surface area contributed by atoms with Crippen LogP contribution in [0.1, 0.15) is 31.0 Å². The van der Waals surface area contributed by atoms with E-state index in [1.165, 1.54) is 12.1 Å². The topological polar surface area (TPSA) is 20.7 Å². The first kappa shape index (κ1) is 13.9. The lowest BCUT2D eigenvalue weighted by atomic mass is 10.1. The van der Waals surface area contributed by atoms with E-state index in [1.54, 1.807) is 10.8 Å². The highest BCUT2D eigenvalue weighted by Crippen LogP contribution is 2.30. The van der Waals surface area contributed by atoms with E-state index in [9.17, 15) is 13.2 Å². The summed E-state index contributed by atoms with van der Waals surface area (Å²) in [6, 6.07) is 4.99. The average Bonchev–Trinajstić information content (AvgIpc) is 2.70. The molecular formula is C13H13F3N2S. The fourth-order valence-electron chi connectivity index (χ4n) is 1.87. The first-order valence-electron chi connectivity index (χ1n) is 5.78. The summed E-state index contributed by atoms with van der Waals surface area (Å²) in [7, 11) is 0. The second-order valence-corrected chi connectivity index (χ2v) is 4.94. The quantitative estimate of drug-likeness (QED) is 0.795. The minimum absolute atomic E-state index is 0.218. The van der Waals surface area contributed by atoms with Crippen molar-refractivity contribution < 1.29 is 13.2 Å². The number of hydrogen-bond donors (Lipinski definition) is 1. The molecule has 0 fully saturated rings. The van der Waals surface area contributed by atoms with Crippen LogP contribution in [0, 0.1) is 4.77 Å². The van der Waals surface area contributed by atoms with E-state index in [0.29, 0.717) is 10.5 Å². The number of halogens is 3. The Kier molecular flexibility index (Phi) is 3.54. The maximum atomic E-state index is 12.5. The number of benzene rings is 1. The normalized spacial score (nSPS) is 12.1. The van der Waals surface area contributed by atoms with Crippen molar-refractivity contribution in [3.05, 3.63) is 46.5 Å². The van der Waals surface area contributed by atoms with Crippen molar-refractivity contribution in [3.8, 4) is 5.69 Å². The van der Waals surface area contributed by atoms with Gasteiger partial charge in [0.25, 0.3) is 0 Å². The fraction of sp³-hybridized carbons (Fsp3) is 0.308. The van der Waals surface area contributed by atoms with E-state index in [2.05, 4.69) is 4.98 Å². The summed E-state index contributed by atoms with van der Waals surface area (Å²) < 4.78 is 39.8. The standard InChI is InChI=1S/C13H13F3N2S/c1-8(2)11-7-17-12(19)18(11)10-5-3-9(4-6-10)13(14,15)16/h3-8H,1-2H3,(H,17,19). The van der Waals surface area contributed by atoms with Crippen LogP contribution in [0.3, 0.4) is 0 Å². The molecule has 0 radical (unpaired) electrons. The van der Waals surface area contributed by atoms with Crippen LogP contribution >= 0.6 is 12.2 Å². The smallest absolute Gasteiger partial charge is 0.337 e. The summed E-state index contributed by atoms with van der Waals surface area (Å²) >= 11 is 5.17. The van der Waals surface area contributed by atoms with E-state index in [0.717, 1.165) is 17.8 Å². The zero-order valence-corrected chi connectivity index (χ0v) is 11.3. The highest BCUT2D eigenvalue weighted by atomic mass is 32.1. The summed E-state index contributed by atoms with van der Waals surface area (Å²) in [6.07, 6.45) is -2.54. The van der Waals surface area contributed by atoms with Gasteiger partial charge in [0, 0.05) is 17.6 Å². The van der Waals surface area contributed by atoms with E-state index in [-0.39, 0.29) is 5.92 Å². The molecule has 2 aromatic rings. The van der Waals surface area contributed by atoms with Crippen LogP contribution in [0.4, 0.5) is 13.2 Å². The van der Waals surface area contributed by atoms with Crippen LogP contribution in [0.15, 0.2) is 30.5 Å². The van der Waals surface area contributed by atoms with E-state index in [1.807, 2.05) is 13.8 Å². The summed E-state index contributed by atoms with van der Waals surface area (Å²) in [5, 5.41) is 0. The predicted molar refractivity (Wildman–Crippen MR) is 70.0 cm³/mol. The molecule has 1 heterocycles. The van der Waals surface area contributed by atoms with Crippen molar-refractivity contribution in [3.63, 3.8) is 0 Å². The molecule has 0 spiro atoms. The first-order valence-corrected chi connectivity index (χ1v) is 6.19. The largest absolute Gasteiger partial charge is 0.416 e. The Hall–Kier alpha value is -1.56. The number of nitrogens with one attached hydrogen (secondary N) is 1. The van der Waals surface area contributed by atoms with E-state index in [4.69, 9.17) is 12.2 Å². The van der Waals surface area contributed by atoms with Crippen molar-refractivity contribution in [1.29, 1.82) is 0 Å². The molecule has 0 saturated carbocycles. The Morgan fingerprint density at radius 2 is 1.74 bits per heavy atom. The summed E-state index contributed by atoms with van der Waals surface area (Å²) in [5.74, 6) is 0.218. The van der Waals surface area contributed by atoms with Crippen LogP contribution in [-0.2, 0) is 6.18 Å². The number of aromatic amines is 1. The molecule has 0 unspecified atom stereocenters. The van der Waals surface area contributed by atoms with E-state index < -0.39 is 11.7 Å². The van der Waals surface area contributed by atoms with Crippen LogP contribution in [0.2, 0.25) is 0 Å². The van der Waals surface area contributed by atoms with Gasteiger partial charge in [0.1, 0.15) is 0 Å². The molecule has 0 amide bonds. The molecule has 1 aromatic heterocycles. The highest BCUT2D eigenvalue weighted by Gasteiger charge is 2.30. The summed E-state index contributed by atoms with van der Waals surface area (Å²) in [6.45, 7) is 4.00. The monoisotopic (exact) mass is 286 g/mol. The lowest BCUT2D eigenvalue weighted by molar-refractivity contribution is -0.137. The maximum Gasteiger partial charge on any atom is 0.416 e. The molecule has 2 rings (SSSR count). The zero-order chi connectivity index (χ0) is 14.2. The number of imidazole rings is 1. The van der Waals surface area contributed by atoms with Crippen LogP contribution in [0.5, 0.6) is 0 Å². The van der Waals surface area contributed by atoms with Gasteiger partial charge in [0.2, 0.25) is 0 Å². The van der Waals surface area contributed by atoms with Crippen LogP contribution in [0.25, 0.3) is 5.69 Å². The van der Waals surface area contributed by atoms with Gasteiger partial charge in [-0.15, -0.1) is 0 Å². The molecule has 1 aromatic carbocycles. The average molecular weight is 286 g/mol. The first-order chi connectivity index (χ1) is 8.80. The third-order valence-electron chi connectivity index (χ3n) is 2.85. The molecule has 6 heteroatoms. The Bertz CT molecular complexity index is 621. The van der Waals surface area contributed by atoms with Gasteiger partial charge in [0.15, 0.2) is 4.77 Å². The number of alkyl halides is 3. The lowest BCUT2D eigenvalue weighted by Crippen LogP contribution is -2.06. The third-order valence-corrected chi connectivity index (χ3v) is 3.15. The van der Waals surface area contributed by atoms with Gasteiger partial charge < -0.3 is 4.98 Å². The summed E-state index contributed by atoms with van der Waals surface area (Å²) in [4.78, 5) is 2.92. The van der Waals surface area contributed by atoms with Crippen molar-refractivity contribution in [2.75, 3.05) is 0 Å².